The van der Waals surface area contributed by atoms with Gasteiger partial charge in [-0.1, -0.05) is 15.9 Å². The summed E-state index contributed by atoms with van der Waals surface area (Å²) in [7, 11) is 0. The highest BCUT2D eigenvalue weighted by molar-refractivity contribution is 9.09. The van der Waals surface area contributed by atoms with Crippen LogP contribution in [0.1, 0.15) is 6.42 Å². The molecule has 12 heavy (non-hydrogen) atoms. The number of ether oxygens (including phenoxy) is 1. The van der Waals surface area contributed by atoms with Crippen LogP contribution in [-0.4, -0.2) is 16.9 Å². The Morgan fingerprint density at radius 3 is 3.08 bits per heavy atom. The van der Waals surface area contributed by atoms with Gasteiger partial charge in [0.25, 0.3) is 0 Å². The second-order valence-electron chi connectivity index (χ2n) is 2.28. The van der Waals surface area contributed by atoms with Crippen LogP contribution in [0, 0.1) is 0 Å². The van der Waals surface area contributed by atoms with Gasteiger partial charge in [0.05, 0.1) is 6.61 Å². The first-order chi connectivity index (χ1) is 5.84. The number of nitrogens with zero attached hydrogens (tertiary/aromatic N) is 1. The summed E-state index contributed by atoms with van der Waals surface area (Å²) in [5.74, 6) is 1.12. The van der Waals surface area contributed by atoms with Crippen molar-refractivity contribution in [2.24, 2.45) is 0 Å². The molecule has 0 saturated carbocycles. The van der Waals surface area contributed by atoms with Crippen molar-refractivity contribution in [3.63, 3.8) is 0 Å². The molecule has 1 rings (SSSR count). The molecular weight excluding hydrogens is 220 g/mol. The lowest BCUT2D eigenvalue weighted by molar-refractivity contribution is 0.320. The molecule has 0 atom stereocenters. The minimum absolute atomic E-state index is 0.451. The fourth-order valence-electron chi connectivity index (χ4n) is 0.761. The van der Waals surface area contributed by atoms with E-state index in [2.05, 4.69) is 20.9 Å². The van der Waals surface area contributed by atoms with Gasteiger partial charge in [-0.05, 0) is 18.6 Å². The maximum absolute atomic E-state index is 5.55. The normalized spacial score (nSPS) is 9.75. The standard InChI is InChI=1S/C8H11BrN2O/c9-4-2-6-12-7-3-1-5-11-8(7)10/h1,3,5H,2,4,6H2,(H2,10,11). The highest BCUT2D eigenvalue weighted by Crippen LogP contribution is 2.16. The average molecular weight is 231 g/mol. The summed E-state index contributed by atoms with van der Waals surface area (Å²) in [6.07, 6.45) is 2.61. The third-order valence-electron chi connectivity index (χ3n) is 1.34. The lowest BCUT2D eigenvalue weighted by Crippen LogP contribution is -2.01. The second-order valence-corrected chi connectivity index (χ2v) is 3.07. The van der Waals surface area contributed by atoms with Gasteiger partial charge in [0.1, 0.15) is 0 Å². The number of nitrogens with two attached hydrogens (primary N) is 1. The molecule has 0 aliphatic rings. The maximum Gasteiger partial charge on any atom is 0.166 e. The fraction of sp³-hybridized carbons (Fsp3) is 0.375. The summed E-state index contributed by atoms with van der Waals surface area (Å²) in [6, 6.07) is 3.62. The van der Waals surface area contributed by atoms with Crippen molar-refractivity contribution in [3.8, 4) is 5.75 Å². The lowest BCUT2D eigenvalue weighted by atomic mass is 10.4. The predicted octanol–water partition coefficient (Wildman–Crippen LogP) is 1.83. The molecule has 0 aliphatic heterocycles. The molecule has 0 bridgehead atoms. The molecule has 1 aromatic rings. The van der Waals surface area contributed by atoms with Gasteiger partial charge >= 0.3 is 0 Å². The third kappa shape index (κ3) is 2.70. The van der Waals surface area contributed by atoms with Gasteiger partial charge in [-0.15, -0.1) is 0 Å². The number of pyridine rings is 1. The van der Waals surface area contributed by atoms with Crippen LogP contribution in [0.5, 0.6) is 5.75 Å². The molecular formula is C8H11BrN2O. The van der Waals surface area contributed by atoms with Gasteiger partial charge in [0.2, 0.25) is 0 Å². The lowest BCUT2D eigenvalue weighted by Gasteiger charge is -2.05. The van der Waals surface area contributed by atoms with Gasteiger partial charge in [-0.2, -0.15) is 0 Å². The van der Waals surface area contributed by atoms with Gasteiger partial charge in [-0.25, -0.2) is 4.98 Å². The average Bonchev–Trinajstić information content (AvgIpc) is 2.09. The van der Waals surface area contributed by atoms with Crippen LogP contribution in [0.2, 0.25) is 0 Å². The molecule has 4 heteroatoms. The van der Waals surface area contributed by atoms with Gasteiger partial charge in [0.15, 0.2) is 11.6 Å². The van der Waals surface area contributed by atoms with E-state index in [0.29, 0.717) is 18.2 Å². The molecule has 66 valence electrons. The molecule has 0 amide bonds. The van der Waals surface area contributed by atoms with Crippen LogP contribution in [0.3, 0.4) is 0 Å². The number of hydrogen-bond donors (Lipinski definition) is 1. The Hall–Kier alpha value is -0.770. The first-order valence-corrected chi connectivity index (χ1v) is 4.86. The zero-order valence-corrected chi connectivity index (χ0v) is 8.25. The van der Waals surface area contributed by atoms with Crippen LogP contribution in [0.15, 0.2) is 18.3 Å². The second kappa shape index (κ2) is 4.98. The molecule has 0 spiro atoms. The molecule has 3 nitrogen and oxygen atoms in total. The van der Waals surface area contributed by atoms with Crippen molar-refractivity contribution < 1.29 is 4.74 Å². The first kappa shape index (κ1) is 9.32. The summed E-state index contributed by atoms with van der Waals surface area (Å²) in [4.78, 5) is 3.90. The molecule has 0 aromatic carbocycles. The van der Waals surface area contributed by atoms with Crippen molar-refractivity contribution >= 4 is 21.7 Å². The van der Waals surface area contributed by atoms with E-state index in [-0.39, 0.29) is 0 Å². The largest absolute Gasteiger partial charge is 0.490 e. The van der Waals surface area contributed by atoms with Crippen molar-refractivity contribution in [1.82, 2.24) is 4.98 Å². The van der Waals surface area contributed by atoms with E-state index in [1.165, 1.54) is 0 Å². The molecule has 0 saturated heterocycles. The molecule has 0 radical (unpaired) electrons. The Kier molecular flexibility index (Phi) is 3.87. The number of rotatable bonds is 4. The molecule has 1 aromatic heterocycles. The molecule has 0 aliphatic carbocycles. The molecule has 0 fully saturated rings. The van der Waals surface area contributed by atoms with E-state index in [4.69, 9.17) is 10.5 Å². The minimum Gasteiger partial charge on any atom is -0.490 e. The van der Waals surface area contributed by atoms with E-state index in [1.54, 1.807) is 12.3 Å². The third-order valence-corrected chi connectivity index (χ3v) is 1.90. The van der Waals surface area contributed by atoms with Crippen LogP contribution < -0.4 is 10.5 Å². The van der Waals surface area contributed by atoms with Crippen LogP contribution in [0.4, 0.5) is 5.82 Å². The highest BCUT2D eigenvalue weighted by Gasteiger charge is 1.97. The van der Waals surface area contributed by atoms with Crippen LogP contribution >= 0.6 is 15.9 Å². The highest BCUT2D eigenvalue weighted by atomic mass is 79.9. The molecule has 1 heterocycles. The van der Waals surface area contributed by atoms with E-state index >= 15 is 0 Å². The van der Waals surface area contributed by atoms with Crippen molar-refractivity contribution in [2.45, 2.75) is 6.42 Å². The number of aromatic nitrogens is 1. The Balaban J connectivity index is 2.46. The SMILES string of the molecule is Nc1ncccc1OCCCBr. The zero-order valence-electron chi connectivity index (χ0n) is 6.66. The molecule has 0 unspecified atom stereocenters. The number of nitrogen functional groups attached to an aromatic ring is 1. The Morgan fingerprint density at radius 1 is 1.58 bits per heavy atom. The topological polar surface area (TPSA) is 48.1 Å². The Labute approximate surface area is 80.1 Å². The van der Waals surface area contributed by atoms with Gasteiger partial charge < -0.3 is 10.5 Å². The van der Waals surface area contributed by atoms with Crippen LogP contribution in [-0.2, 0) is 0 Å². The van der Waals surface area contributed by atoms with Crippen LogP contribution in [0.25, 0.3) is 0 Å². The van der Waals surface area contributed by atoms with E-state index in [1.807, 2.05) is 6.07 Å². The number of alkyl halides is 1. The molecule has 2 N–H and O–H groups in total. The maximum atomic E-state index is 5.55. The van der Waals surface area contributed by atoms with Gasteiger partial charge in [-0.3, -0.25) is 0 Å². The zero-order chi connectivity index (χ0) is 8.81. The number of anilines is 1. The Bertz CT molecular complexity index is 242. The van der Waals surface area contributed by atoms with Gasteiger partial charge in [0, 0.05) is 11.5 Å². The summed E-state index contributed by atoms with van der Waals surface area (Å²) in [6.45, 7) is 0.668. The number of halogens is 1. The van der Waals surface area contributed by atoms with E-state index < -0.39 is 0 Å². The summed E-state index contributed by atoms with van der Waals surface area (Å²) < 4.78 is 5.36. The van der Waals surface area contributed by atoms with Crippen molar-refractivity contribution in [1.29, 1.82) is 0 Å². The number of hydrogen-bond acceptors (Lipinski definition) is 3. The Morgan fingerprint density at radius 2 is 2.42 bits per heavy atom. The summed E-state index contributed by atoms with van der Waals surface area (Å²) >= 11 is 3.31. The minimum atomic E-state index is 0.451. The monoisotopic (exact) mass is 230 g/mol. The first-order valence-electron chi connectivity index (χ1n) is 3.74. The quantitative estimate of drug-likeness (QED) is 0.635. The van der Waals surface area contributed by atoms with E-state index in [0.717, 1.165) is 11.8 Å². The van der Waals surface area contributed by atoms with E-state index in [9.17, 15) is 0 Å². The van der Waals surface area contributed by atoms with Crippen molar-refractivity contribution in [3.05, 3.63) is 18.3 Å². The van der Waals surface area contributed by atoms with Crippen molar-refractivity contribution in [2.75, 3.05) is 17.7 Å². The predicted molar refractivity (Wildman–Crippen MR) is 52.6 cm³/mol. The fourth-order valence-corrected chi connectivity index (χ4v) is 0.990. The smallest absolute Gasteiger partial charge is 0.166 e. The summed E-state index contributed by atoms with van der Waals surface area (Å²) in [5, 5.41) is 0.938. The summed E-state index contributed by atoms with van der Waals surface area (Å²) in [5.41, 5.74) is 5.55.